The highest BCUT2D eigenvalue weighted by Gasteiger charge is 2.24. The van der Waals surface area contributed by atoms with Gasteiger partial charge in [-0.3, -0.25) is 0 Å². The van der Waals surface area contributed by atoms with Crippen LogP contribution < -0.4 is 20.7 Å². The molecule has 3 N–H and O–H groups in total. The molecule has 27 heavy (non-hydrogen) atoms. The lowest BCUT2D eigenvalue weighted by Gasteiger charge is -2.32. The fraction of sp³-hybridized carbons (Fsp3) is 0.333. The number of nitriles is 1. The molecule has 0 radical (unpaired) electrons. The summed E-state index contributed by atoms with van der Waals surface area (Å²) in [5, 5.41) is 12.3. The van der Waals surface area contributed by atoms with Crippen molar-refractivity contribution in [3.8, 4) is 11.9 Å². The van der Waals surface area contributed by atoms with Crippen molar-refractivity contribution in [3.63, 3.8) is 0 Å². The molecule has 3 heterocycles. The Hall–Kier alpha value is -3.54. The second kappa shape index (κ2) is 6.99. The Morgan fingerprint density at radius 3 is 3.11 bits per heavy atom. The van der Waals surface area contributed by atoms with Crippen molar-refractivity contribution in [1.29, 1.82) is 5.26 Å². The SMILES string of the molecule is COc1nc(N[C@@H]2CCCN(c3nc4cc(N)ccc4o3)C2)ncc1C#N. The molecule has 2 aromatic heterocycles. The van der Waals surface area contributed by atoms with Crippen LogP contribution in [0.2, 0.25) is 0 Å². The van der Waals surface area contributed by atoms with E-state index in [1.165, 1.54) is 13.3 Å². The van der Waals surface area contributed by atoms with Crippen LogP contribution in [-0.4, -0.2) is 41.2 Å². The van der Waals surface area contributed by atoms with E-state index < -0.39 is 0 Å². The number of oxazole rings is 1. The van der Waals surface area contributed by atoms with Crippen molar-refractivity contribution >= 4 is 28.8 Å². The van der Waals surface area contributed by atoms with Gasteiger partial charge in [0.25, 0.3) is 6.01 Å². The molecule has 1 fully saturated rings. The van der Waals surface area contributed by atoms with Crippen molar-refractivity contribution in [1.82, 2.24) is 15.0 Å². The second-order valence-electron chi connectivity index (χ2n) is 6.38. The minimum absolute atomic E-state index is 0.122. The quantitative estimate of drug-likeness (QED) is 0.669. The van der Waals surface area contributed by atoms with Crippen LogP contribution in [0.1, 0.15) is 18.4 Å². The number of rotatable bonds is 4. The summed E-state index contributed by atoms with van der Waals surface area (Å²) in [6, 6.07) is 8.15. The number of piperidine rings is 1. The zero-order chi connectivity index (χ0) is 18.8. The molecule has 3 aromatic rings. The highest BCUT2D eigenvalue weighted by atomic mass is 16.5. The zero-order valence-electron chi connectivity index (χ0n) is 14.8. The van der Waals surface area contributed by atoms with Crippen LogP contribution in [0, 0.1) is 11.3 Å². The largest absolute Gasteiger partial charge is 0.480 e. The summed E-state index contributed by atoms with van der Waals surface area (Å²) in [6.45, 7) is 1.56. The molecule has 1 aliphatic heterocycles. The van der Waals surface area contributed by atoms with Crippen molar-refractivity contribution in [2.75, 3.05) is 36.1 Å². The molecule has 1 aliphatic rings. The first-order valence-electron chi connectivity index (χ1n) is 8.65. The van der Waals surface area contributed by atoms with E-state index in [0.717, 1.165) is 30.5 Å². The normalized spacial score (nSPS) is 16.9. The number of ether oxygens (including phenoxy) is 1. The number of benzene rings is 1. The first-order valence-corrected chi connectivity index (χ1v) is 8.65. The third kappa shape index (κ3) is 3.42. The lowest BCUT2D eigenvalue weighted by molar-refractivity contribution is 0.395. The average Bonchev–Trinajstić information content (AvgIpc) is 3.11. The molecule has 0 bridgehead atoms. The van der Waals surface area contributed by atoms with Crippen LogP contribution in [-0.2, 0) is 0 Å². The maximum Gasteiger partial charge on any atom is 0.298 e. The Balaban J connectivity index is 1.50. The summed E-state index contributed by atoms with van der Waals surface area (Å²) in [6.07, 6.45) is 3.40. The summed E-state index contributed by atoms with van der Waals surface area (Å²) in [4.78, 5) is 15.1. The van der Waals surface area contributed by atoms with E-state index in [1.54, 1.807) is 12.1 Å². The predicted molar refractivity (Wildman–Crippen MR) is 101 cm³/mol. The summed E-state index contributed by atoms with van der Waals surface area (Å²) in [5.41, 5.74) is 8.25. The zero-order valence-corrected chi connectivity index (χ0v) is 14.8. The van der Waals surface area contributed by atoms with Gasteiger partial charge in [0.15, 0.2) is 5.58 Å². The second-order valence-corrected chi connectivity index (χ2v) is 6.38. The Morgan fingerprint density at radius 1 is 1.41 bits per heavy atom. The number of methoxy groups -OCH3 is 1. The van der Waals surface area contributed by atoms with Gasteiger partial charge in [-0.15, -0.1) is 0 Å². The molecule has 1 atom stereocenters. The molecule has 0 amide bonds. The molecule has 4 rings (SSSR count). The monoisotopic (exact) mass is 365 g/mol. The van der Waals surface area contributed by atoms with Crippen LogP contribution >= 0.6 is 0 Å². The summed E-state index contributed by atoms with van der Waals surface area (Å²) in [5.74, 6) is 0.697. The first-order chi connectivity index (χ1) is 13.2. The van der Waals surface area contributed by atoms with E-state index in [9.17, 15) is 0 Å². The van der Waals surface area contributed by atoms with Crippen LogP contribution in [0.5, 0.6) is 5.88 Å². The highest BCUT2D eigenvalue weighted by Crippen LogP contribution is 2.26. The number of hydrogen-bond acceptors (Lipinski definition) is 9. The van der Waals surface area contributed by atoms with E-state index in [1.807, 2.05) is 12.1 Å². The predicted octanol–water partition coefficient (Wildman–Crippen LogP) is 2.16. The van der Waals surface area contributed by atoms with Crippen LogP contribution in [0.25, 0.3) is 11.1 Å². The van der Waals surface area contributed by atoms with E-state index in [-0.39, 0.29) is 11.9 Å². The topological polar surface area (TPSA) is 126 Å². The van der Waals surface area contributed by atoms with Gasteiger partial charge >= 0.3 is 0 Å². The third-order valence-electron chi connectivity index (χ3n) is 4.49. The summed E-state index contributed by atoms with van der Waals surface area (Å²) < 4.78 is 11.0. The Kier molecular flexibility index (Phi) is 4.38. The molecule has 138 valence electrons. The number of nitrogens with one attached hydrogen (secondary N) is 1. The smallest absolute Gasteiger partial charge is 0.298 e. The Bertz CT molecular complexity index is 1010. The first kappa shape index (κ1) is 16.9. The van der Waals surface area contributed by atoms with Crippen molar-refractivity contribution in [2.24, 2.45) is 0 Å². The Labute approximate surface area is 155 Å². The van der Waals surface area contributed by atoms with Crippen LogP contribution in [0.4, 0.5) is 17.7 Å². The lowest BCUT2D eigenvalue weighted by Crippen LogP contribution is -2.42. The minimum Gasteiger partial charge on any atom is -0.480 e. The number of nitrogen functional groups attached to an aromatic ring is 1. The van der Waals surface area contributed by atoms with Gasteiger partial charge in [0.2, 0.25) is 11.8 Å². The van der Waals surface area contributed by atoms with E-state index in [0.29, 0.717) is 29.8 Å². The molecule has 0 saturated carbocycles. The van der Waals surface area contributed by atoms with Gasteiger partial charge in [-0.25, -0.2) is 4.98 Å². The molecule has 0 aliphatic carbocycles. The van der Waals surface area contributed by atoms with Gasteiger partial charge in [0, 0.05) is 24.8 Å². The number of hydrogen-bond donors (Lipinski definition) is 2. The number of nitrogens with two attached hydrogens (primary N) is 1. The van der Waals surface area contributed by atoms with Gasteiger partial charge in [-0.05, 0) is 31.0 Å². The van der Waals surface area contributed by atoms with Gasteiger partial charge in [-0.2, -0.15) is 15.2 Å². The van der Waals surface area contributed by atoms with Gasteiger partial charge in [0.1, 0.15) is 17.1 Å². The lowest BCUT2D eigenvalue weighted by atomic mass is 10.1. The minimum atomic E-state index is 0.122. The number of fused-ring (bicyclic) bond motifs is 1. The van der Waals surface area contributed by atoms with E-state index in [2.05, 4.69) is 25.2 Å². The molecule has 9 nitrogen and oxygen atoms in total. The van der Waals surface area contributed by atoms with E-state index in [4.69, 9.17) is 20.1 Å². The molecular formula is C18H19N7O2. The molecule has 0 unspecified atom stereocenters. The van der Waals surface area contributed by atoms with Gasteiger partial charge in [-0.1, -0.05) is 0 Å². The summed E-state index contributed by atoms with van der Waals surface area (Å²) >= 11 is 0. The fourth-order valence-electron chi connectivity index (χ4n) is 3.19. The molecule has 0 spiro atoms. The molecule has 1 saturated heterocycles. The van der Waals surface area contributed by atoms with Crippen molar-refractivity contribution in [3.05, 3.63) is 30.0 Å². The van der Waals surface area contributed by atoms with E-state index >= 15 is 0 Å². The summed E-state index contributed by atoms with van der Waals surface area (Å²) in [7, 11) is 1.48. The third-order valence-corrected chi connectivity index (χ3v) is 4.49. The van der Waals surface area contributed by atoms with Crippen LogP contribution in [0.3, 0.4) is 0 Å². The maximum absolute atomic E-state index is 9.04. The average molecular weight is 365 g/mol. The van der Waals surface area contributed by atoms with Gasteiger partial charge < -0.3 is 25.1 Å². The van der Waals surface area contributed by atoms with Gasteiger partial charge in [0.05, 0.1) is 13.3 Å². The Morgan fingerprint density at radius 2 is 2.30 bits per heavy atom. The highest BCUT2D eigenvalue weighted by molar-refractivity contribution is 5.78. The molecule has 1 aromatic carbocycles. The molecular weight excluding hydrogens is 346 g/mol. The molecule has 9 heteroatoms. The van der Waals surface area contributed by atoms with Crippen molar-refractivity contribution in [2.45, 2.75) is 18.9 Å². The maximum atomic E-state index is 9.04. The number of nitrogens with zero attached hydrogens (tertiary/aromatic N) is 5. The fourth-order valence-corrected chi connectivity index (χ4v) is 3.19. The number of aromatic nitrogens is 3. The van der Waals surface area contributed by atoms with Crippen molar-refractivity contribution < 1.29 is 9.15 Å². The number of anilines is 3. The van der Waals surface area contributed by atoms with Crippen LogP contribution in [0.15, 0.2) is 28.8 Å². The standard InChI is InChI=1S/C18H19N7O2/c1-26-16-11(8-19)9-21-17(24-16)22-13-3-2-6-25(10-13)18-23-14-7-12(20)4-5-15(14)27-18/h4-5,7,9,13H,2-3,6,10,20H2,1H3,(H,21,22,24)/t13-/m1/s1.